The van der Waals surface area contributed by atoms with Crippen molar-refractivity contribution >= 4 is 12.0 Å². The Labute approximate surface area is 96.8 Å². The normalized spacial score (nSPS) is 11.9. The smallest absolute Gasteiger partial charge is 0.317 e. The fourth-order valence-corrected chi connectivity index (χ4v) is 1.37. The quantitative estimate of drug-likeness (QED) is 0.654. The van der Waals surface area contributed by atoms with Crippen molar-refractivity contribution in [2.45, 2.75) is 45.6 Å². The third kappa shape index (κ3) is 6.27. The standard InChI is InChI=1S/C11H22N2O3/c1-4-6-9(2)13(3)11(16)12-8-5-7-10(14)15/h9H,4-8H2,1-3H3,(H,12,16)(H,14,15). The molecule has 2 N–H and O–H groups in total. The summed E-state index contributed by atoms with van der Waals surface area (Å²) in [5.41, 5.74) is 0. The molecule has 1 unspecified atom stereocenters. The summed E-state index contributed by atoms with van der Waals surface area (Å²) in [4.78, 5) is 23.5. The van der Waals surface area contributed by atoms with Gasteiger partial charge in [0.15, 0.2) is 0 Å². The van der Waals surface area contributed by atoms with E-state index in [1.165, 1.54) is 0 Å². The van der Waals surface area contributed by atoms with Crippen LogP contribution in [0.4, 0.5) is 4.79 Å². The van der Waals surface area contributed by atoms with Gasteiger partial charge in [0.25, 0.3) is 0 Å². The number of urea groups is 1. The van der Waals surface area contributed by atoms with E-state index in [1.54, 1.807) is 11.9 Å². The molecule has 94 valence electrons. The summed E-state index contributed by atoms with van der Waals surface area (Å²) in [6.07, 6.45) is 2.57. The third-order valence-corrected chi connectivity index (χ3v) is 2.53. The van der Waals surface area contributed by atoms with E-state index >= 15 is 0 Å². The number of carbonyl (C=O) groups excluding carboxylic acids is 1. The molecule has 0 saturated heterocycles. The highest BCUT2D eigenvalue weighted by atomic mass is 16.4. The largest absolute Gasteiger partial charge is 0.481 e. The molecule has 1 atom stereocenters. The molecule has 0 rings (SSSR count). The molecule has 0 aliphatic heterocycles. The molecule has 0 aliphatic carbocycles. The second-order valence-electron chi connectivity index (χ2n) is 3.98. The lowest BCUT2D eigenvalue weighted by Crippen LogP contribution is -2.42. The first-order valence-corrected chi connectivity index (χ1v) is 5.71. The van der Waals surface area contributed by atoms with Crippen LogP contribution in [-0.4, -0.2) is 41.6 Å². The number of aliphatic carboxylic acids is 1. The van der Waals surface area contributed by atoms with Crippen LogP contribution < -0.4 is 5.32 Å². The summed E-state index contributed by atoms with van der Waals surface area (Å²) in [5, 5.41) is 11.1. The van der Waals surface area contributed by atoms with Gasteiger partial charge in [-0.1, -0.05) is 13.3 Å². The molecule has 0 spiro atoms. The van der Waals surface area contributed by atoms with Crippen LogP contribution in [0.2, 0.25) is 0 Å². The van der Waals surface area contributed by atoms with E-state index in [1.807, 2.05) is 6.92 Å². The summed E-state index contributed by atoms with van der Waals surface area (Å²) in [6, 6.07) is 0.0795. The van der Waals surface area contributed by atoms with E-state index in [0.29, 0.717) is 13.0 Å². The van der Waals surface area contributed by atoms with E-state index in [9.17, 15) is 9.59 Å². The highest BCUT2D eigenvalue weighted by Crippen LogP contribution is 2.03. The number of carbonyl (C=O) groups is 2. The Kier molecular flexibility index (Phi) is 7.33. The number of carboxylic acids is 1. The summed E-state index contributed by atoms with van der Waals surface area (Å²) in [6.45, 7) is 4.49. The van der Waals surface area contributed by atoms with Gasteiger partial charge in [-0.3, -0.25) is 4.79 Å². The molecule has 0 aromatic rings. The van der Waals surface area contributed by atoms with Gasteiger partial charge in [0.2, 0.25) is 0 Å². The van der Waals surface area contributed by atoms with Crippen LogP contribution in [0.1, 0.15) is 39.5 Å². The van der Waals surface area contributed by atoms with Gasteiger partial charge in [0.1, 0.15) is 0 Å². The molecule has 2 amide bonds. The maximum atomic E-state index is 11.6. The van der Waals surface area contributed by atoms with Crippen LogP contribution in [-0.2, 0) is 4.79 Å². The predicted octanol–water partition coefficient (Wildman–Crippen LogP) is 1.68. The summed E-state index contributed by atoms with van der Waals surface area (Å²) in [7, 11) is 1.76. The van der Waals surface area contributed by atoms with Crippen molar-refractivity contribution in [3.63, 3.8) is 0 Å². The van der Waals surface area contributed by atoms with Crippen LogP contribution in [0.3, 0.4) is 0 Å². The SMILES string of the molecule is CCCC(C)N(C)C(=O)NCCCC(=O)O. The van der Waals surface area contributed by atoms with E-state index in [2.05, 4.69) is 12.2 Å². The molecule has 16 heavy (non-hydrogen) atoms. The van der Waals surface area contributed by atoms with Gasteiger partial charge in [0, 0.05) is 26.1 Å². The number of amides is 2. The van der Waals surface area contributed by atoms with Gasteiger partial charge in [-0.05, 0) is 19.8 Å². The van der Waals surface area contributed by atoms with E-state index in [4.69, 9.17) is 5.11 Å². The zero-order chi connectivity index (χ0) is 12.6. The Morgan fingerprint density at radius 1 is 1.44 bits per heavy atom. The van der Waals surface area contributed by atoms with Gasteiger partial charge >= 0.3 is 12.0 Å². The average Bonchev–Trinajstić information content (AvgIpc) is 2.23. The minimum Gasteiger partial charge on any atom is -0.481 e. The van der Waals surface area contributed by atoms with Crippen LogP contribution in [0.5, 0.6) is 0 Å². The Hall–Kier alpha value is -1.26. The lowest BCUT2D eigenvalue weighted by molar-refractivity contribution is -0.137. The van der Waals surface area contributed by atoms with Gasteiger partial charge in [-0.2, -0.15) is 0 Å². The average molecular weight is 230 g/mol. The number of nitrogens with one attached hydrogen (secondary N) is 1. The fourth-order valence-electron chi connectivity index (χ4n) is 1.37. The number of hydrogen-bond donors (Lipinski definition) is 2. The molecule has 0 aromatic heterocycles. The topological polar surface area (TPSA) is 69.6 Å². The zero-order valence-corrected chi connectivity index (χ0v) is 10.3. The Balaban J connectivity index is 3.74. The number of hydrogen-bond acceptors (Lipinski definition) is 2. The molecule has 0 fully saturated rings. The first-order valence-electron chi connectivity index (χ1n) is 5.71. The first kappa shape index (κ1) is 14.7. The van der Waals surface area contributed by atoms with Crippen molar-refractivity contribution in [1.29, 1.82) is 0 Å². The van der Waals surface area contributed by atoms with Crippen LogP contribution in [0.25, 0.3) is 0 Å². The molecule has 0 heterocycles. The highest BCUT2D eigenvalue weighted by Gasteiger charge is 2.13. The Morgan fingerprint density at radius 2 is 2.06 bits per heavy atom. The maximum Gasteiger partial charge on any atom is 0.317 e. The summed E-state index contributed by atoms with van der Waals surface area (Å²) >= 11 is 0. The number of rotatable bonds is 7. The van der Waals surface area contributed by atoms with Crippen molar-refractivity contribution in [2.24, 2.45) is 0 Å². The van der Waals surface area contributed by atoms with Crippen molar-refractivity contribution in [3.05, 3.63) is 0 Å². The highest BCUT2D eigenvalue weighted by molar-refractivity contribution is 5.74. The Bertz CT molecular complexity index is 231. The Morgan fingerprint density at radius 3 is 2.56 bits per heavy atom. The lowest BCUT2D eigenvalue weighted by atomic mass is 10.2. The summed E-state index contributed by atoms with van der Waals surface area (Å²) < 4.78 is 0. The first-order chi connectivity index (χ1) is 7.49. The molecular weight excluding hydrogens is 208 g/mol. The van der Waals surface area contributed by atoms with E-state index in [-0.39, 0.29) is 18.5 Å². The molecule has 0 aliphatic rings. The molecule has 0 radical (unpaired) electrons. The van der Waals surface area contributed by atoms with Crippen LogP contribution >= 0.6 is 0 Å². The van der Waals surface area contributed by atoms with Gasteiger partial charge < -0.3 is 15.3 Å². The number of carboxylic acid groups (broad SMARTS) is 1. The van der Waals surface area contributed by atoms with E-state index in [0.717, 1.165) is 12.8 Å². The monoisotopic (exact) mass is 230 g/mol. The predicted molar refractivity (Wildman–Crippen MR) is 62.4 cm³/mol. The molecule has 0 aromatic carbocycles. The minimum absolute atomic E-state index is 0.0918. The molecule has 0 bridgehead atoms. The lowest BCUT2D eigenvalue weighted by Gasteiger charge is -2.24. The third-order valence-electron chi connectivity index (χ3n) is 2.53. The van der Waals surface area contributed by atoms with E-state index < -0.39 is 5.97 Å². The van der Waals surface area contributed by atoms with Crippen LogP contribution in [0.15, 0.2) is 0 Å². The van der Waals surface area contributed by atoms with Crippen molar-refractivity contribution in [3.8, 4) is 0 Å². The second-order valence-corrected chi connectivity index (χ2v) is 3.98. The van der Waals surface area contributed by atoms with Crippen LogP contribution in [0, 0.1) is 0 Å². The number of nitrogens with zero attached hydrogens (tertiary/aromatic N) is 1. The molecule has 5 nitrogen and oxygen atoms in total. The van der Waals surface area contributed by atoms with Crippen molar-refractivity contribution < 1.29 is 14.7 Å². The maximum absolute atomic E-state index is 11.6. The minimum atomic E-state index is -0.832. The second kappa shape index (κ2) is 7.96. The molecule has 0 saturated carbocycles. The van der Waals surface area contributed by atoms with Gasteiger partial charge in [-0.25, -0.2) is 4.79 Å². The van der Waals surface area contributed by atoms with Crippen molar-refractivity contribution in [1.82, 2.24) is 10.2 Å². The molecular formula is C11H22N2O3. The van der Waals surface area contributed by atoms with Gasteiger partial charge in [-0.15, -0.1) is 0 Å². The zero-order valence-electron chi connectivity index (χ0n) is 10.3. The molecule has 5 heteroatoms. The van der Waals surface area contributed by atoms with Crippen molar-refractivity contribution in [2.75, 3.05) is 13.6 Å². The summed E-state index contributed by atoms with van der Waals surface area (Å²) in [5.74, 6) is -0.832. The van der Waals surface area contributed by atoms with Gasteiger partial charge in [0.05, 0.1) is 0 Å². The fraction of sp³-hybridized carbons (Fsp3) is 0.818.